The average Bonchev–Trinajstić information content (AvgIpc) is 2.92. The van der Waals surface area contributed by atoms with Crippen LogP contribution in [0.25, 0.3) is 0 Å². The van der Waals surface area contributed by atoms with Crippen LogP contribution in [0.5, 0.6) is 0 Å². The molecule has 0 rings (SSSR count). The third-order valence-corrected chi connectivity index (χ3v) is 5.39. The number of aliphatic carboxylic acids is 1. The molecule has 0 bridgehead atoms. The van der Waals surface area contributed by atoms with E-state index in [0.29, 0.717) is 25.7 Å². The third kappa shape index (κ3) is 25.8. The van der Waals surface area contributed by atoms with Crippen molar-refractivity contribution in [3.05, 3.63) is 0 Å². The predicted octanol–water partition coefficient (Wildman–Crippen LogP) is 1.76. The van der Waals surface area contributed by atoms with Crippen LogP contribution < -0.4 is 5.32 Å². The van der Waals surface area contributed by atoms with E-state index in [2.05, 4.69) is 19.2 Å². The lowest BCUT2D eigenvalue weighted by atomic mass is 10.0. The van der Waals surface area contributed by atoms with Crippen molar-refractivity contribution >= 4 is 23.8 Å². The molecule has 0 spiro atoms. The quantitative estimate of drug-likeness (QED) is 0.0912. The first-order chi connectivity index (χ1) is 20.5. The van der Waals surface area contributed by atoms with Crippen molar-refractivity contribution < 1.29 is 62.2 Å². The van der Waals surface area contributed by atoms with Crippen molar-refractivity contribution in [2.75, 3.05) is 85.9 Å². The number of hydrogen-bond acceptors (Lipinski definition) is 12. The van der Waals surface area contributed by atoms with E-state index in [9.17, 15) is 19.2 Å². The van der Waals surface area contributed by atoms with Gasteiger partial charge in [0.1, 0.15) is 12.1 Å². The summed E-state index contributed by atoms with van der Waals surface area (Å²) in [7, 11) is 0. The van der Waals surface area contributed by atoms with Gasteiger partial charge in [-0.1, -0.05) is 13.8 Å². The molecule has 0 aliphatic rings. The molecule has 0 aliphatic carbocycles. The molecule has 2 N–H and O–H groups in total. The highest BCUT2D eigenvalue weighted by molar-refractivity contribution is 5.78. The summed E-state index contributed by atoms with van der Waals surface area (Å²) in [6.45, 7) is 10.8. The third-order valence-electron chi connectivity index (χ3n) is 5.39. The fourth-order valence-corrected chi connectivity index (χ4v) is 3.32. The minimum atomic E-state index is -1.28. The fourth-order valence-electron chi connectivity index (χ4n) is 3.32. The minimum Gasteiger partial charge on any atom is -0.481 e. The van der Waals surface area contributed by atoms with Gasteiger partial charge in [-0.05, 0) is 33.1 Å². The summed E-state index contributed by atoms with van der Waals surface area (Å²) in [5.41, 5.74) is -1.28. The Labute approximate surface area is 255 Å². The van der Waals surface area contributed by atoms with E-state index in [1.165, 1.54) is 0 Å². The van der Waals surface area contributed by atoms with Gasteiger partial charge < -0.3 is 48.3 Å². The van der Waals surface area contributed by atoms with Crippen LogP contribution in [0, 0.1) is 5.92 Å². The number of ether oxygens (including phenoxy) is 8. The number of esters is 2. The molecule has 1 amide bonds. The molecule has 0 aliphatic heterocycles. The summed E-state index contributed by atoms with van der Waals surface area (Å²) in [6.07, 6.45) is 0.441. The van der Waals surface area contributed by atoms with E-state index in [1.807, 2.05) is 0 Å². The van der Waals surface area contributed by atoms with Gasteiger partial charge in [-0.3, -0.25) is 19.2 Å². The van der Waals surface area contributed by atoms with Gasteiger partial charge in [0.2, 0.25) is 5.91 Å². The van der Waals surface area contributed by atoms with E-state index in [1.54, 1.807) is 20.8 Å². The van der Waals surface area contributed by atoms with E-state index >= 15 is 0 Å². The molecule has 0 aromatic carbocycles. The molecule has 1 unspecified atom stereocenters. The zero-order chi connectivity index (χ0) is 32.3. The van der Waals surface area contributed by atoms with Crippen molar-refractivity contribution in [2.45, 2.75) is 71.9 Å². The molecular formula is C29H53NO13. The van der Waals surface area contributed by atoms with Gasteiger partial charge in [-0.2, -0.15) is 0 Å². The van der Waals surface area contributed by atoms with E-state index < -0.39 is 29.4 Å². The number of nitrogens with one attached hydrogen (secondary N) is 1. The lowest BCUT2D eigenvalue weighted by molar-refractivity contribution is -0.149. The number of amides is 1. The maximum absolute atomic E-state index is 12.8. The summed E-state index contributed by atoms with van der Waals surface area (Å²) in [6, 6.07) is 0. The standard InChI is InChI=1S/C29H53NO13/c1-6-42-27(34)9-13-40-21-29(20-39-12-8-26(32)33,22-41-14-10-28(35)43-24(4)5)30-25(31)19-38-18-17-37-16-15-36-11-7-23(2)3/h23-24H,6-22H2,1-5H3,(H,30,31)(H,32,33). The Hall–Kier alpha value is -2.36. The zero-order valence-electron chi connectivity index (χ0n) is 26.5. The minimum absolute atomic E-state index is 0.00131. The number of carbonyl (C=O) groups excluding carboxylic acids is 3. The number of carboxylic acid groups (broad SMARTS) is 1. The highest BCUT2D eigenvalue weighted by Crippen LogP contribution is 2.11. The number of rotatable bonds is 29. The highest BCUT2D eigenvalue weighted by Gasteiger charge is 2.34. The van der Waals surface area contributed by atoms with E-state index in [4.69, 9.17) is 43.0 Å². The SMILES string of the molecule is CCOC(=O)CCOCC(COCCC(=O)O)(COCCC(=O)OC(C)C)NC(=O)COCCOCCOCCC(C)C. The largest absolute Gasteiger partial charge is 0.481 e. The summed E-state index contributed by atoms with van der Waals surface area (Å²) >= 11 is 0. The van der Waals surface area contributed by atoms with Crippen LogP contribution in [0.2, 0.25) is 0 Å². The van der Waals surface area contributed by atoms with Gasteiger partial charge in [0.15, 0.2) is 0 Å². The molecule has 0 saturated heterocycles. The molecule has 0 fully saturated rings. The van der Waals surface area contributed by atoms with Crippen LogP contribution >= 0.6 is 0 Å². The zero-order valence-corrected chi connectivity index (χ0v) is 26.5. The van der Waals surface area contributed by atoms with Crippen molar-refractivity contribution in [3.8, 4) is 0 Å². The Balaban J connectivity index is 5.04. The summed E-state index contributed by atoms with van der Waals surface area (Å²) < 4.78 is 43.3. The van der Waals surface area contributed by atoms with Crippen LogP contribution in [-0.4, -0.2) is 126 Å². The monoisotopic (exact) mass is 623 g/mol. The first-order valence-electron chi connectivity index (χ1n) is 14.8. The Morgan fingerprint density at radius 3 is 1.70 bits per heavy atom. The second-order valence-corrected chi connectivity index (χ2v) is 10.4. The average molecular weight is 624 g/mol. The first-order valence-corrected chi connectivity index (χ1v) is 14.8. The summed E-state index contributed by atoms with van der Waals surface area (Å²) in [4.78, 5) is 47.4. The molecule has 0 aromatic heterocycles. The van der Waals surface area contributed by atoms with Crippen LogP contribution in [0.1, 0.15) is 60.3 Å². The maximum Gasteiger partial charge on any atom is 0.308 e. The molecule has 14 nitrogen and oxygen atoms in total. The lowest BCUT2D eigenvalue weighted by Gasteiger charge is -2.34. The Bertz CT molecular complexity index is 763. The van der Waals surface area contributed by atoms with Crippen LogP contribution in [0.4, 0.5) is 0 Å². The number of carboxylic acids is 1. The molecule has 0 heterocycles. The number of carbonyl (C=O) groups is 4. The molecular weight excluding hydrogens is 570 g/mol. The van der Waals surface area contributed by atoms with Crippen molar-refractivity contribution in [1.29, 1.82) is 0 Å². The van der Waals surface area contributed by atoms with Crippen LogP contribution in [0.15, 0.2) is 0 Å². The van der Waals surface area contributed by atoms with Gasteiger partial charge in [0, 0.05) is 6.61 Å². The Morgan fingerprint density at radius 1 is 0.674 bits per heavy atom. The Morgan fingerprint density at radius 2 is 1.19 bits per heavy atom. The van der Waals surface area contributed by atoms with Gasteiger partial charge in [-0.15, -0.1) is 0 Å². The van der Waals surface area contributed by atoms with E-state index in [-0.39, 0.29) is 91.4 Å². The molecule has 0 aromatic rings. The van der Waals surface area contributed by atoms with Gasteiger partial charge >= 0.3 is 17.9 Å². The highest BCUT2D eigenvalue weighted by atomic mass is 16.6. The lowest BCUT2D eigenvalue weighted by Crippen LogP contribution is -2.59. The van der Waals surface area contributed by atoms with Crippen LogP contribution in [-0.2, 0) is 57.1 Å². The molecule has 1 atom stereocenters. The smallest absolute Gasteiger partial charge is 0.308 e. The molecule has 43 heavy (non-hydrogen) atoms. The first kappa shape index (κ1) is 40.6. The second-order valence-electron chi connectivity index (χ2n) is 10.4. The molecule has 0 radical (unpaired) electrons. The van der Waals surface area contributed by atoms with Crippen LogP contribution in [0.3, 0.4) is 0 Å². The summed E-state index contributed by atoms with van der Waals surface area (Å²) in [5, 5.41) is 11.8. The fraction of sp³-hybridized carbons (Fsp3) is 0.862. The van der Waals surface area contributed by atoms with Crippen molar-refractivity contribution in [2.24, 2.45) is 5.92 Å². The molecule has 0 saturated carbocycles. The van der Waals surface area contributed by atoms with Gasteiger partial charge in [0.25, 0.3) is 0 Å². The molecule has 14 heteroatoms. The van der Waals surface area contributed by atoms with Crippen molar-refractivity contribution in [1.82, 2.24) is 5.32 Å². The molecule has 252 valence electrons. The topological polar surface area (TPSA) is 174 Å². The van der Waals surface area contributed by atoms with Gasteiger partial charge in [-0.25, -0.2) is 0 Å². The number of hydrogen-bond donors (Lipinski definition) is 2. The predicted molar refractivity (Wildman–Crippen MR) is 155 cm³/mol. The van der Waals surface area contributed by atoms with E-state index in [0.717, 1.165) is 6.42 Å². The Kier molecular flexibility index (Phi) is 24.6. The second kappa shape index (κ2) is 26.1. The maximum atomic E-state index is 12.8. The summed E-state index contributed by atoms with van der Waals surface area (Å²) in [5.74, 6) is -1.85. The normalized spacial score (nSPS) is 12.7. The van der Waals surface area contributed by atoms with Crippen molar-refractivity contribution in [3.63, 3.8) is 0 Å². The van der Waals surface area contributed by atoms with Gasteiger partial charge in [0.05, 0.1) is 98.0 Å².